The fourth-order valence-electron chi connectivity index (χ4n) is 3.21. The summed E-state index contributed by atoms with van der Waals surface area (Å²) in [5.74, 6) is 1.56. The van der Waals surface area contributed by atoms with Crippen LogP contribution < -0.4 is 9.47 Å². The topological polar surface area (TPSA) is 89.0 Å². The van der Waals surface area contributed by atoms with Crippen molar-refractivity contribution >= 4 is 11.8 Å². The van der Waals surface area contributed by atoms with Gasteiger partial charge in [-0.25, -0.2) is 0 Å². The summed E-state index contributed by atoms with van der Waals surface area (Å²) < 4.78 is 16.9. The molecule has 2 aromatic carbocycles. The molecule has 1 N–H and O–H groups in total. The third kappa shape index (κ3) is 4.37. The molecule has 0 bridgehead atoms. The number of hydrogen-bond donors (Lipinski definition) is 1. The minimum absolute atomic E-state index is 0.231. The van der Waals surface area contributed by atoms with Gasteiger partial charge in [-0.2, -0.15) is 10.1 Å². The lowest BCUT2D eigenvalue weighted by Gasteiger charge is -2.19. The van der Waals surface area contributed by atoms with Crippen molar-refractivity contribution in [1.82, 2.24) is 15.2 Å². The van der Waals surface area contributed by atoms with Gasteiger partial charge in [-0.15, -0.1) is 5.10 Å². The quantitative estimate of drug-likeness (QED) is 0.621. The van der Waals surface area contributed by atoms with Crippen molar-refractivity contribution < 1.29 is 19.0 Å². The van der Waals surface area contributed by atoms with Gasteiger partial charge in [-0.3, -0.25) is 9.89 Å². The second-order valence-electron chi connectivity index (χ2n) is 7.06. The summed E-state index contributed by atoms with van der Waals surface area (Å²) in [4.78, 5) is 12.2. The summed E-state index contributed by atoms with van der Waals surface area (Å²) in [6.45, 7) is 4.20. The van der Waals surface area contributed by atoms with Gasteiger partial charge in [0.1, 0.15) is 17.2 Å². The fraction of sp³-hybridized carbons (Fsp3) is 0.261. The van der Waals surface area contributed by atoms with Gasteiger partial charge in [0.05, 0.1) is 19.4 Å². The number of carbonyl (C=O) groups is 1. The monoisotopic (exact) mass is 420 g/mol. The Hall–Kier alpha value is -3.81. The second-order valence-corrected chi connectivity index (χ2v) is 7.06. The maximum Gasteiger partial charge on any atom is 0.259 e. The first-order valence-electron chi connectivity index (χ1n) is 10.1. The van der Waals surface area contributed by atoms with E-state index in [1.54, 1.807) is 7.11 Å². The van der Waals surface area contributed by atoms with Gasteiger partial charge in [-0.05, 0) is 48.9 Å². The first-order chi connectivity index (χ1) is 15.1. The predicted octanol–water partition coefficient (Wildman–Crippen LogP) is 4.11. The van der Waals surface area contributed by atoms with Gasteiger partial charge in [0.25, 0.3) is 5.90 Å². The first kappa shape index (κ1) is 20.5. The number of amides is 1. The number of aromatic nitrogens is 2. The maximum absolute atomic E-state index is 12.2. The number of carbonyl (C=O) groups excluding carboxylic acids is 1. The number of nitrogens with zero attached hydrogens (tertiary/aromatic N) is 3. The Kier molecular flexibility index (Phi) is 5.88. The van der Waals surface area contributed by atoms with Gasteiger partial charge >= 0.3 is 0 Å². The summed E-state index contributed by atoms with van der Waals surface area (Å²) in [6, 6.07) is 16.9. The molecule has 160 valence electrons. The lowest BCUT2D eigenvalue weighted by Crippen LogP contribution is -2.25. The van der Waals surface area contributed by atoms with E-state index in [1.807, 2.05) is 54.6 Å². The molecule has 0 aliphatic carbocycles. The molecule has 3 aromatic rings. The molecule has 8 heteroatoms. The largest absolute Gasteiger partial charge is 0.497 e. The van der Waals surface area contributed by atoms with Crippen LogP contribution in [0.3, 0.4) is 0 Å². The lowest BCUT2D eigenvalue weighted by atomic mass is 10.1. The van der Waals surface area contributed by atoms with Gasteiger partial charge in [0, 0.05) is 18.1 Å². The fourth-order valence-corrected chi connectivity index (χ4v) is 3.21. The normalized spacial score (nSPS) is 15.4. The minimum Gasteiger partial charge on any atom is -0.497 e. The van der Waals surface area contributed by atoms with Gasteiger partial charge in [-0.1, -0.05) is 19.1 Å². The van der Waals surface area contributed by atoms with Crippen LogP contribution in [0.4, 0.5) is 0 Å². The van der Waals surface area contributed by atoms with Crippen molar-refractivity contribution in [2.75, 3.05) is 13.7 Å². The number of nitrogens with one attached hydrogen (secondary N) is 1. The van der Waals surface area contributed by atoms with E-state index in [0.717, 1.165) is 29.0 Å². The smallest absolute Gasteiger partial charge is 0.259 e. The highest BCUT2D eigenvalue weighted by atomic mass is 16.5. The minimum atomic E-state index is -0.677. The zero-order valence-corrected chi connectivity index (χ0v) is 17.7. The number of methoxy groups -OCH3 is 1. The third-order valence-electron chi connectivity index (χ3n) is 4.78. The van der Waals surface area contributed by atoms with Crippen molar-refractivity contribution in [3.63, 3.8) is 0 Å². The molecule has 0 fully saturated rings. The predicted molar refractivity (Wildman–Crippen MR) is 116 cm³/mol. The number of rotatable bonds is 7. The summed E-state index contributed by atoms with van der Waals surface area (Å²) in [5, 5.41) is 13.0. The molecule has 0 saturated carbocycles. The zero-order valence-electron chi connectivity index (χ0n) is 17.7. The van der Waals surface area contributed by atoms with Crippen LogP contribution in [0.25, 0.3) is 11.3 Å². The molecule has 2 heterocycles. The van der Waals surface area contributed by atoms with Crippen molar-refractivity contribution in [3.8, 4) is 22.8 Å². The van der Waals surface area contributed by atoms with Crippen LogP contribution in [0.1, 0.15) is 37.8 Å². The number of aromatic amines is 1. The second kappa shape index (κ2) is 8.91. The Morgan fingerprint density at radius 3 is 2.68 bits per heavy atom. The molecule has 31 heavy (non-hydrogen) atoms. The molecular weight excluding hydrogens is 396 g/mol. The van der Waals surface area contributed by atoms with Gasteiger partial charge in [0.2, 0.25) is 12.1 Å². The van der Waals surface area contributed by atoms with E-state index in [4.69, 9.17) is 14.2 Å². The maximum atomic E-state index is 12.2. The molecular formula is C23H24N4O4. The Labute approximate surface area is 180 Å². The van der Waals surface area contributed by atoms with Crippen LogP contribution in [-0.2, 0) is 9.53 Å². The zero-order chi connectivity index (χ0) is 21.8. The molecule has 1 aliphatic heterocycles. The average molecular weight is 420 g/mol. The summed E-state index contributed by atoms with van der Waals surface area (Å²) >= 11 is 0. The molecule has 1 aliphatic rings. The van der Waals surface area contributed by atoms with E-state index >= 15 is 0 Å². The number of hydrogen-bond acceptors (Lipinski definition) is 6. The molecule has 1 amide bonds. The molecule has 0 radical (unpaired) electrons. The van der Waals surface area contributed by atoms with Crippen LogP contribution in [0.2, 0.25) is 0 Å². The van der Waals surface area contributed by atoms with Crippen molar-refractivity contribution in [3.05, 3.63) is 65.9 Å². The number of benzene rings is 2. The summed E-state index contributed by atoms with van der Waals surface area (Å²) in [7, 11) is 1.59. The highest BCUT2D eigenvalue weighted by Crippen LogP contribution is 2.32. The molecule has 0 spiro atoms. The van der Waals surface area contributed by atoms with E-state index in [9.17, 15) is 4.79 Å². The Bertz CT molecular complexity index is 1090. The Balaban J connectivity index is 1.55. The van der Waals surface area contributed by atoms with Crippen LogP contribution in [0.5, 0.6) is 11.5 Å². The third-order valence-corrected chi connectivity index (χ3v) is 4.78. The Morgan fingerprint density at radius 2 is 1.97 bits per heavy atom. The summed E-state index contributed by atoms with van der Waals surface area (Å²) in [6.07, 6.45) is 0.282. The van der Waals surface area contributed by atoms with E-state index in [0.29, 0.717) is 23.9 Å². The number of hydrazone groups is 1. The van der Waals surface area contributed by atoms with Crippen molar-refractivity contribution in [1.29, 1.82) is 0 Å². The van der Waals surface area contributed by atoms with Crippen LogP contribution in [-0.4, -0.2) is 40.7 Å². The highest BCUT2D eigenvalue weighted by Gasteiger charge is 2.34. The van der Waals surface area contributed by atoms with Crippen molar-refractivity contribution in [2.24, 2.45) is 5.10 Å². The lowest BCUT2D eigenvalue weighted by molar-refractivity contribution is -0.135. The molecule has 8 nitrogen and oxygen atoms in total. The summed E-state index contributed by atoms with van der Waals surface area (Å²) in [5.41, 5.74) is 3.01. The van der Waals surface area contributed by atoms with Gasteiger partial charge < -0.3 is 14.2 Å². The molecule has 1 atom stereocenters. The van der Waals surface area contributed by atoms with Crippen LogP contribution >= 0.6 is 0 Å². The van der Waals surface area contributed by atoms with Crippen molar-refractivity contribution in [2.45, 2.75) is 26.5 Å². The SMILES string of the molecule is CCCOc1ccc(-c2cc(C3=NN(C(C)=O)C(c4cccc(OC)c4)O3)[nH]n2)cc1. The van der Waals surface area contributed by atoms with E-state index in [2.05, 4.69) is 22.2 Å². The average Bonchev–Trinajstić information content (AvgIpc) is 3.46. The van der Waals surface area contributed by atoms with E-state index in [1.165, 1.54) is 11.9 Å². The van der Waals surface area contributed by atoms with Gasteiger partial charge in [0.15, 0.2) is 0 Å². The standard InChI is InChI=1S/C23H24N4O4/c1-4-12-30-18-10-8-16(9-11-18)20-14-21(25-24-20)22-26-27(15(2)28)23(31-22)17-6-5-7-19(13-17)29-3/h5-11,13-14,23H,4,12H2,1-3H3,(H,24,25). The van der Waals surface area contributed by atoms with E-state index in [-0.39, 0.29) is 5.91 Å². The number of ether oxygens (including phenoxy) is 3. The highest BCUT2D eigenvalue weighted by molar-refractivity contribution is 5.95. The molecule has 1 unspecified atom stereocenters. The van der Waals surface area contributed by atoms with E-state index < -0.39 is 6.23 Å². The number of H-pyrrole nitrogens is 1. The molecule has 4 rings (SSSR count). The molecule has 1 aromatic heterocycles. The Morgan fingerprint density at radius 1 is 1.16 bits per heavy atom. The van der Waals surface area contributed by atoms with Crippen LogP contribution in [0, 0.1) is 0 Å². The first-order valence-corrected chi connectivity index (χ1v) is 10.1. The molecule has 0 saturated heterocycles. The van der Waals surface area contributed by atoms with Crippen LogP contribution in [0.15, 0.2) is 59.7 Å².